The topological polar surface area (TPSA) is 86.8 Å². The maximum absolute atomic E-state index is 14.1. The minimum absolute atomic E-state index is 0.0171. The molecule has 0 aliphatic heterocycles. The molecule has 0 spiro atoms. The van der Waals surface area contributed by atoms with Crippen molar-refractivity contribution in [3.63, 3.8) is 0 Å². The van der Waals surface area contributed by atoms with Gasteiger partial charge in [0.15, 0.2) is 0 Å². The fraction of sp³-hybridized carbons (Fsp3) is 0.333. The Balaban J connectivity index is 2.09. The summed E-state index contributed by atoms with van der Waals surface area (Å²) in [7, 11) is -3.84. The van der Waals surface area contributed by atoms with Crippen molar-refractivity contribution in [1.29, 1.82) is 0 Å². The first kappa shape index (κ1) is 31.5. The number of nitrogens with zero attached hydrogens (tertiary/aromatic N) is 2. The highest BCUT2D eigenvalue weighted by Gasteiger charge is 2.33. The van der Waals surface area contributed by atoms with Crippen LogP contribution in [0.3, 0.4) is 0 Å². The normalized spacial score (nSPS) is 12.2. The van der Waals surface area contributed by atoms with Gasteiger partial charge in [-0.2, -0.15) is 0 Å². The van der Waals surface area contributed by atoms with E-state index in [2.05, 4.69) is 5.32 Å². The molecular formula is C30H35Cl2N3O4S. The third kappa shape index (κ3) is 8.46. The first-order chi connectivity index (χ1) is 18.8. The second-order valence-electron chi connectivity index (χ2n) is 10.2. The quantitative estimate of drug-likeness (QED) is 0.312. The van der Waals surface area contributed by atoms with E-state index < -0.39 is 28.5 Å². The molecule has 0 unspecified atom stereocenters. The van der Waals surface area contributed by atoms with Gasteiger partial charge in [0.05, 0.1) is 22.0 Å². The largest absolute Gasteiger partial charge is 0.352 e. The summed E-state index contributed by atoms with van der Waals surface area (Å²) >= 11 is 12.4. The fourth-order valence-corrected chi connectivity index (χ4v) is 5.68. The number of carbonyl (C=O) groups excluding carboxylic acids is 2. The van der Waals surface area contributed by atoms with E-state index in [1.165, 1.54) is 4.90 Å². The van der Waals surface area contributed by atoms with Crippen molar-refractivity contribution in [2.75, 3.05) is 17.1 Å². The van der Waals surface area contributed by atoms with Crippen LogP contribution in [-0.2, 0) is 32.6 Å². The second-order valence-corrected chi connectivity index (χ2v) is 12.9. The molecule has 7 nitrogen and oxygen atoms in total. The lowest BCUT2D eigenvalue weighted by Gasteiger charge is -2.34. The highest BCUT2D eigenvalue weighted by atomic mass is 35.5. The monoisotopic (exact) mass is 603 g/mol. The van der Waals surface area contributed by atoms with Gasteiger partial charge >= 0.3 is 0 Å². The van der Waals surface area contributed by atoms with E-state index in [1.807, 2.05) is 57.2 Å². The van der Waals surface area contributed by atoms with Gasteiger partial charge in [-0.15, -0.1) is 0 Å². The predicted octanol–water partition coefficient (Wildman–Crippen LogP) is 5.54. The van der Waals surface area contributed by atoms with E-state index in [0.717, 1.165) is 21.7 Å². The Hall–Kier alpha value is -3.07. The minimum atomic E-state index is -3.84. The number of rotatable bonds is 11. The molecule has 3 rings (SSSR count). The lowest BCUT2D eigenvalue weighted by Crippen LogP contribution is -2.54. The molecule has 10 heteroatoms. The Morgan fingerprint density at radius 3 is 2.15 bits per heavy atom. The van der Waals surface area contributed by atoms with Crippen molar-refractivity contribution in [2.45, 2.75) is 52.7 Å². The molecule has 0 radical (unpaired) electrons. The summed E-state index contributed by atoms with van der Waals surface area (Å²) in [5.41, 5.74) is 3.59. The number of halogens is 2. The molecule has 0 saturated heterocycles. The van der Waals surface area contributed by atoms with Crippen LogP contribution < -0.4 is 9.62 Å². The van der Waals surface area contributed by atoms with Gasteiger partial charge in [0, 0.05) is 19.0 Å². The van der Waals surface area contributed by atoms with Gasteiger partial charge in [-0.3, -0.25) is 13.9 Å². The molecule has 0 aliphatic carbocycles. The van der Waals surface area contributed by atoms with Crippen molar-refractivity contribution < 1.29 is 18.0 Å². The van der Waals surface area contributed by atoms with Gasteiger partial charge in [0.25, 0.3) is 0 Å². The number of amides is 2. The number of sulfonamides is 1. The molecule has 0 bridgehead atoms. The molecule has 3 aromatic rings. The molecule has 0 heterocycles. The fourth-order valence-electron chi connectivity index (χ4n) is 4.45. The predicted molar refractivity (Wildman–Crippen MR) is 162 cm³/mol. The first-order valence-electron chi connectivity index (χ1n) is 12.9. The Morgan fingerprint density at radius 2 is 1.57 bits per heavy atom. The van der Waals surface area contributed by atoms with E-state index in [-0.39, 0.29) is 24.9 Å². The third-order valence-corrected chi connectivity index (χ3v) is 8.20. The van der Waals surface area contributed by atoms with Gasteiger partial charge in [-0.1, -0.05) is 77.3 Å². The Morgan fingerprint density at radius 1 is 0.900 bits per heavy atom. The van der Waals surface area contributed by atoms with Gasteiger partial charge in [-0.05, 0) is 62.6 Å². The summed E-state index contributed by atoms with van der Waals surface area (Å²) in [6, 6.07) is 18.6. The number of hydrogen-bond donors (Lipinski definition) is 1. The molecule has 214 valence electrons. The summed E-state index contributed by atoms with van der Waals surface area (Å²) in [5.74, 6) is -0.874. The summed E-state index contributed by atoms with van der Waals surface area (Å²) in [6.45, 7) is 6.93. The number of benzene rings is 3. The molecule has 0 fully saturated rings. The lowest BCUT2D eigenvalue weighted by molar-refractivity contribution is -0.140. The summed E-state index contributed by atoms with van der Waals surface area (Å²) in [6.07, 6.45) is 1.30. The summed E-state index contributed by atoms with van der Waals surface area (Å²) in [4.78, 5) is 29.1. The van der Waals surface area contributed by atoms with Crippen molar-refractivity contribution in [3.8, 4) is 0 Å². The molecular weight excluding hydrogens is 569 g/mol. The summed E-state index contributed by atoms with van der Waals surface area (Å²) < 4.78 is 27.0. The van der Waals surface area contributed by atoms with Gasteiger partial charge in [-0.25, -0.2) is 8.42 Å². The van der Waals surface area contributed by atoms with Crippen molar-refractivity contribution >= 4 is 50.7 Å². The Labute approximate surface area is 247 Å². The van der Waals surface area contributed by atoms with E-state index in [0.29, 0.717) is 26.9 Å². The standard InChI is InChI=1S/C30H35Cl2N3O4S/c1-20(2)33-30(37)28(17-23-9-7-6-8-10-23)34(18-24-12-13-25(31)26(32)16-24)29(36)19-35(40(5,38)39)27-14-11-21(3)15-22(27)4/h6-16,20,28H,17-19H2,1-5H3,(H,33,37)/t28-/m1/s1. The third-order valence-electron chi connectivity index (χ3n) is 6.34. The highest BCUT2D eigenvalue weighted by molar-refractivity contribution is 7.92. The zero-order valence-corrected chi connectivity index (χ0v) is 25.6. The average Bonchev–Trinajstić information content (AvgIpc) is 2.86. The molecule has 1 N–H and O–H groups in total. The molecule has 2 amide bonds. The second kappa shape index (κ2) is 13.5. The van der Waals surface area contributed by atoms with Crippen molar-refractivity contribution in [3.05, 3.63) is 99.0 Å². The summed E-state index contributed by atoms with van der Waals surface area (Å²) in [5, 5.41) is 3.60. The van der Waals surface area contributed by atoms with Crippen LogP contribution in [0.2, 0.25) is 10.0 Å². The number of hydrogen-bond acceptors (Lipinski definition) is 4. The molecule has 3 aromatic carbocycles. The maximum atomic E-state index is 14.1. The van der Waals surface area contributed by atoms with E-state index in [1.54, 1.807) is 37.3 Å². The Bertz CT molecular complexity index is 1460. The van der Waals surface area contributed by atoms with E-state index >= 15 is 0 Å². The number of carbonyl (C=O) groups is 2. The molecule has 40 heavy (non-hydrogen) atoms. The number of aryl methyl sites for hydroxylation is 2. The van der Waals surface area contributed by atoms with Crippen LogP contribution in [0, 0.1) is 13.8 Å². The van der Waals surface area contributed by atoms with Gasteiger partial charge < -0.3 is 10.2 Å². The molecule has 1 atom stereocenters. The van der Waals surface area contributed by atoms with Crippen molar-refractivity contribution in [2.24, 2.45) is 0 Å². The molecule has 0 aromatic heterocycles. The van der Waals surface area contributed by atoms with Gasteiger partial charge in [0.1, 0.15) is 12.6 Å². The SMILES string of the molecule is Cc1ccc(N(CC(=O)N(Cc2ccc(Cl)c(Cl)c2)[C@H](Cc2ccccc2)C(=O)NC(C)C)S(C)(=O)=O)c(C)c1. The van der Waals surface area contributed by atoms with Crippen molar-refractivity contribution in [1.82, 2.24) is 10.2 Å². The van der Waals surface area contributed by atoms with Gasteiger partial charge in [0.2, 0.25) is 21.8 Å². The highest BCUT2D eigenvalue weighted by Crippen LogP contribution is 2.26. The number of anilines is 1. The molecule has 0 aliphatic rings. The minimum Gasteiger partial charge on any atom is -0.352 e. The van der Waals surface area contributed by atoms with Crippen LogP contribution in [-0.4, -0.2) is 50.0 Å². The zero-order chi connectivity index (χ0) is 29.6. The van der Waals surface area contributed by atoms with E-state index in [4.69, 9.17) is 23.2 Å². The van der Waals surface area contributed by atoms with Crippen LogP contribution in [0.1, 0.15) is 36.1 Å². The van der Waals surface area contributed by atoms with E-state index in [9.17, 15) is 18.0 Å². The zero-order valence-electron chi connectivity index (χ0n) is 23.3. The van der Waals surface area contributed by atoms with Crippen LogP contribution in [0.15, 0.2) is 66.7 Å². The Kier molecular flexibility index (Phi) is 10.6. The lowest BCUT2D eigenvalue weighted by atomic mass is 10.0. The van der Waals surface area contributed by atoms with Crippen LogP contribution >= 0.6 is 23.2 Å². The average molecular weight is 605 g/mol. The molecule has 0 saturated carbocycles. The smallest absolute Gasteiger partial charge is 0.244 e. The number of nitrogens with one attached hydrogen (secondary N) is 1. The maximum Gasteiger partial charge on any atom is 0.244 e. The van der Waals surface area contributed by atoms with Crippen LogP contribution in [0.4, 0.5) is 5.69 Å². The van der Waals surface area contributed by atoms with Crippen LogP contribution in [0.5, 0.6) is 0 Å². The van der Waals surface area contributed by atoms with Crippen LogP contribution in [0.25, 0.3) is 0 Å². The first-order valence-corrected chi connectivity index (χ1v) is 15.5.